The Hall–Kier alpha value is -2.11. The number of pyridine rings is 1. The van der Waals surface area contributed by atoms with Gasteiger partial charge < -0.3 is 34.9 Å². The number of carbonyl (C=O) groups excluding carboxylic acids is 1. The Bertz CT molecular complexity index is 1620. The summed E-state index contributed by atoms with van der Waals surface area (Å²) in [7, 11) is 0. The van der Waals surface area contributed by atoms with E-state index in [9.17, 15) is 19.0 Å². The van der Waals surface area contributed by atoms with E-state index in [1.54, 1.807) is 6.33 Å². The first-order valence-corrected chi connectivity index (χ1v) is 18.1. The van der Waals surface area contributed by atoms with Crippen LogP contribution in [0.3, 0.4) is 0 Å². The van der Waals surface area contributed by atoms with E-state index in [0.29, 0.717) is 23.1 Å². The maximum Gasteiger partial charge on any atom is 0.386 e. The molecule has 3 fully saturated rings. The summed E-state index contributed by atoms with van der Waals surface area (Å²) in [5, 5.41) is 11.1. The third-order valence-corrected chi connectivity index (χ3v) is 10.9. The molecule has 0 radical (unpaired) electrons. The van der Waals surface area contributed by atoms with Crippen molar-refractivity contribution in [1.82, 2.24) is 24.5 Å². The fourth-order valence-electron chi connectivity index (χ4n) is 5.43. The number of aromatic nitrogens is 5. The number of nitrogen functional groups attached to an aromatic ring is 1. The second kappa shape index (κ2) is 11.4. The number of anilines is 1. The lowest BCUT2D eigenvalue weighted by Crippen LogP contribution is -2.43. The van der Waals surface area contributed by atoms with Gasteiger partial charge in [0.1, 0.15) is 42.0 Å². The van der Waals surface area contributed by atoms with Gasteiger partial charge in [-0.1, -0.05) is 24.5 Å². The van der Waals surface area contributed by atoms with Crippen molar-refractivity contribution in [3.63, 3.8) is 0 Å². The fourth-order valence-corrected chi connectivity index (χ4v) is 8.11. The maximum absolute atomic E-state index is 13.4. The number of nitrogens with zero attached hydrogens (tertiary/aromatic N) is 5. The lowest BCUT2D eigenvalue weighted by molar-refractivity contribution is -0.0239. The molecule has 0 aromatic carbocycles. The summed E-state index contributed by atoms with van der Waals surface area (Å²) in [5.41, 5.74) is 12.5. The van der Waals surface area contributed by atoms with Crippen molar-refractivity contribution in [2.24, 2.45) is 17.6 Å². The van der Waals surface area contributed by atoms with Crippen molar-refractivity contribution in [2.45, 2.75) is 36.9 Å². The van der Waals surface area contributed by atoms with Gasteiger partial charge in [0.25, 0.3) is 5.91 Å². The summed E-state index contributed by atoms with van der Waals surface area (Å²) in [4.78, 5) is 28.2. The SMILES string of the molecule is NC(=O)c1cc([C@@H]2O[C@@H]3CO[P@](=O)(S)OCC4[C@@H](CO[P@](=O)(S)O[C@@H]2[C@@H]3O)C[C@H]4n2cnc3c(N)ncnc32)ccn1. The Morgan fingerprint density at radius 3 is 2.62 bits per heavy atom. The van der Waals surface area contributed by atoms with Gasteiger partial charge in [0.15, 0.2) is 11.5 Å². The Balaban J connectivity index is 1.27. The largest absolute Gasteiger partial charge is 0.387 e. The number of amides is 1. The van der Waals surface area contributed by atoms with Crippen LogP contribution >= 0.6 is 38.1 Å². The Morgan fingerprint density at radius 2 is 1.83 bits per heavy atom. The molecule has 1 unspecified atom stereocenters. The van der Waals surface area contributed by atoms with Crippen LogP contribution in [-0.2, 0) is 32.0 Å². The maximum atomic E-state index is 13.4. The molecule has 1 amide bonds. The fraction of sp³-hybridized carbons (Fsp3) is 0.500. The first kappa shape index (κ1) is 29.9. The topological polar surface area (TPSA) is 226 Å². The zero-order valence-electron chi connectivity index (χ0n) is 21.6. The van der Waals surface area contributed by atoms with E-state index in [2.05, 4.69) is 44.4 Å². The molecular formula is C22H27N7O9P2S2. The van der Waals surface area contributed by atoms with Crippen molar-refractivity contribution in [2.75, 3.05) is 25.6 Å². The second-order valence-electron chi connectivity index (χ2n) is 10.1. The predicted molar refractivity (Wildman–Crippen MR) is 153 cm³/mol. The minimum absolute atomic E-state index is 0.0566. The highest BCUT2D eigenvalue weighted by atomic mass is 32.7. The lowest BCUT2D eigenvalue weighted by atomic mass is 9.70. The van der Waals surface area contributed by atoms with E-state index < -0.39 is 50.5 Å². The number of carbonyl (C=O) groups is 1. The van der Waals surface area contributed by atoms with Crippen LogP contribution in [0.5, 0.6) is 0 Å². The van der Waals surface area contributed by atoms with Gasteiger partial charge in [-0.3, -0.25) is 18.8 Å². The van der Waals surface area contributed by atoms with Gasteiger partial charge in [-0.25, -0.2) is 24.1 Å². The number of thiol groups is 2. The van der Waals surface area contributed by atoms with Crippen molar-refractivity contribution in [1.29, 1.82) is 0 Å². The number of rotatable bonds is 3. The van der Waals surface area contributed by atoms with Gasteiger partial charge in [-0.15, -0.1) is 0 Å². The number of nitrogens with two attached hydrogens (primary N) is 2. The number of ether oxygens (including phenoxy) is 1. The van der Waals surface area contributed by atoms with E-state index in [0.717, 1.165) is 0 Å². The Kier molecular flexibility index (Phi) is 8.15. The number of aliphatic hydroxyl groups is 1. The monoisotopic (exact) mass is 659 g/mol. The van der Waals surface area contributed by atoms with Crippen LogP contribution in [0.1, 0.15) is 34.6 Å². The van der Waals surface area contributed by atoms with E-state index in [1.165, 1.54) is 24.7 Å². The van der Waals surface area contributed by atoms with Crippen molar-refractivity contribution in [3.05, 3.63) is 42.2 Å². The molecule has 9 atom stereocenters. The molecule has 2 saturated heterocycles. The number of hydrogen-bond acceptors (Lipinski definition) is 14. The average molecular weight is 660 g/mol. The molecule has 0 spiro atoms. The molecule has 1 aliphatic carbocycles. The van der Waals surface area contributed by atoms with Crippen LogP contribution in [0.4, 0.5) is 5.82 Å². The third kappa shape index (κ3) is 5.85. The average Bonchev–Trinajstić information content (AvgIpc) is 3.48. The zero-order valence-corrected chi connectivity index (χ0v) is 25.2. The highest BCUT2D eigenvalue weighted by Gasteiger charge is 2.50. The van der Waals surface area contributed by atoms with Crippen molar-refractivity contribution < 1.29 is 41.9 Å². The summed E-state index contributed by atoms with van der Waals surface area (Å²) in [6.45, 7) is -8.56. The van der Waals surface area contributed by atoms with Gasteiger partial charge in [0, 0.05) is 18.2 Å². The van der Waals surface area contributed by atoms with Crippen LogP contribution in [0, 0.1) is 11.8 Å². The summed E-state index contributed by atoms with van der Waals surface area (Å²) < 4.78 is 56.9. The highest BCUT2D eigenvalue weighted by Crippen LogP contribution is 2.60. The molecule has 16 nitrogen and oxygen atoms in total. The standard InChI is InChI=1S/C22H27N7O9P2S2/c23-20-16-22(27-8-26-20)29(9-28-16)14-4-11-5-34-40(33,42)38-19-17(30)15(7-36-39(32,41)35-6-12(11)14)37-18(19)10-1-2-25-13(3-10)21(24)31/h1-3,8-9,11-12,14-15,17-19,30H,4-7H2,(H2,24,31)(H,32,41)(H,33,42)(H2,23,26,27)/t11-,12?,14-,15-,17-,18+,19-,39-,40+/m1/s1. The minimum atomic E-state index is -4.08. The second-order valence-corrected chi connectivity index (χ2v) is 15.9. The van der Waals surface area contributed by atoms with E-state index in [-0.39, 0.29) is 42.6 Å². The molecule has 6 rings (SSSR count). The van der Waals surface area contributed by atoms with E-state index in [4.69, 9.17) is 34.3 Å². The van der Waals surface area contributed by atoms with Crippen LogP contribution < -0.4 is 11.5 Å². The smallest absolute Gasteiger partial charge is 0.386 e. The molecule has 5 N–H and O–H groups in total. The van der Waals surface area contributed by atoms with Crippen LogP contribution in [-0.4, -0.2) is 73.6 Å². The number of aliphatic hydroxyl groups excluding tert-OH is 1. The molecule has 226 valence electrons. The molecule has 3 aromatic rings. The Labute approximate surface area is 249 Å². The number of fused-ring (bicyclic) bond motifs is 4. The van der Waals surface area contributed by atoms with Gasteiger partial charge >= 0.3 is 13.6 Å². The van der Waals surface area contributed by atoms with E-state index in [1.807, 2.05) is 4.57 Å². The number of hydrogen-bond donors (Lipinski definition) is 5. The lowest BCUT2D eigenvalue weighted by Gasteiger charge is -2.45. The summed E-state index contributed by atoms with van der Waals surface area (Å²) in [5.74, 6) is -1.10. The van der Waals surface area contributed by atoms with Crippen molar-refractivity contribution in [3.8, 4) is 0 Å². The molecule has 42 heavy (non-hydrogen) atoms. The number of imidazole rings is 1. The predicted octanol–water partition coefficient (Wildman–Crippen LogP) is 2.10. The first-order chi connectivity index (χ1) is 19.9. The molecule has 2 bridgehead atoms. The van der Waals surface area contributed by atoms with Crippen LogP contribution in [0.15, 0.2) is 31.0 Å². The molecule has 2 aliphatic heterocycles. The van der Waals surface area contributed by atoms with Crippen molar-refractivity contribution >= 4 is 61.0 Å². The molecule has 3 aliphatic rings. The van der Waals surface area contributed by atoms with Gasteiger partial charge in [0.2, 0.25) is 0 Å². The molecular weight excluding hydrogens is 632 g/mol. The van der Waals surface area contributed by atoms with E-state index >= 15 is 0 Å². The van der Waals surface area contributed by atoms with Crippen LogP contribution in [0.25, 0.3) is 11.2 Å². The summed E-state index contributed by atoms with van der Waals surface area (Å²) >= 11 is 8.28. The van der Waals surface area contributed by atoms with Gasteiger partial charge in [0.05, 0.1) is 26.1 Å². The number of primary amides is 1. The third-order valence-electron chi connectivity index (χ3n) is 7.63. The van der Waals surface area contributed by atoms with Crippen LogP contribution in [0.2, 0.25) is 0 Å². The molecule has 5 heterocycles. The van der Waals surface area contributed by atoms with Gasteiger partial charge in [-0.2, -0.15) is 0 Å². The normalized spacial score (nSPS) is 37.5. The highest BCUT2D eigenvalue weighted by molar-refractivity contribution is 8.44. The molecule has 1 saturated carbocycles. The minimum Gasteiger partial charge on any atom is -0.387 e. The summed E-state index contributed by atoms with van der Waals surface area (Å²) in [6.07, 6.45) is -0.0927. The van der Waals surface area contributed by atoms with Gasteiger partial charge in [-0.05, 0) is 30.0 Å². The molecule has 20 heteroatoms. The summed E-state index contributed by atoms with van der Waals surface area (Å²) in [6, 6.07) is 2.67. The zero-order chi connectivity index (χ0) is 29.8. The Morgan fingerprint density at radius 1 is 1.07 bits per heavy atom. The molecule has 3 aromatic heterocycles. The quantitative estimate of drug-likeness (QED) is 0.201. The first-order valence-electron chi connectivity index (χ1n) is 12.7.